The molecule has 0 saturated carbocycles. The fourth-order valence-corrected chi connectivity index (χ4v) is 1.42. The third-order valence-corrected chi connectivity index (χ3v) is 2.53. The van der Waals surface area contributed by atoms with Crippen LogP contribution < -0.4 is 5.32 Å². The van der Waals surface area contributed by atoms with Crippen molar-refractivity contribution in [2.45, 2.75) is 6.42 Å². The first kappa shape index (κ1) is 11.6. The molecule has 0 atom stereocenters. The van der Waals surface area contributed by atoms with Gasteiger partial charge in [0, 0.05) is 6.54 Å². The average molecular weight is 253 g/mol. The van der Waals surface area contributed by atoms with E-state index in [-0.39, 0.29) is 0 Å². The second kappa shape index (κ2) is 5.44. The molecule has 76 valence electrons. The third kappa shape index (κ3) is 3.74. The molecule has 0 aromatic heterocycles. The van der Waals surface area contributed by atoms with E-state index in [9.17, 15) is 4.79 Å². The van der Waals surface area contributed by atoms with Crippen LogP contribution in [0, 0.1) is 0 Å². The Morgan fingerprint density at radius 3 is 2.57 bits per heavy atom. The number of carbonyl (C=O) groups excluding carboxylic acids is 1. The first-order valence-corrected chi connectivity index (χ1v) is 5.10. The third-order valence-electron chi connectivity index (χ3n) is 1.66. The maximum Gasteiger partial charge on any atom is 0.313 e. The van der Waals surface area contributed by atoms with Crippen LogP contribution in [0.2, 0.25) is 10.0 Å². The van der Waals surface area contributed by atoms with Gasteiger partial charge in [-0.15, -0.1) is 0 Å². The van der Waals surface area contributed by atoms with Crippen LogP contribution in [0.15, 0.2) is 18.2 Å². The molecule has 1 amide bonds. The Bertz CT molecular complexity index is 341. The summed E-state index contributed by atoms with van der Waals surface area (Å²) in [5.74, 6) is 0. The summed E-state index contributed by atoms with van der Waals surface area (Å²) in [4.78, 5) is 10.4. The van der Waals surface area contributed by atoms with E-state index in [0.29, 0.717) is 23.0 Å². The van der Waals surface area contributed by atoms with Crippen LogP contribution in [0.4, 0.5) is 4.79 Å². The van der Waals surface area contributed by atoms with Crippen molar-refractivity contribution in [1.29, 1.82) is 0 Å². The van der Waals surface area contributed by atoms with Crippen LogP contribution in [0.25, 0.3) is 0 Å². The first-order chi connectivity index (χ1) is 6.59. The van der Waals surface area contributed by atoms with Crippen molar-refractivity contribution in [1.82, 2.24) is 5.32 Å². The van der Waals surface area contributed by atoms with Crippen LogP contribution in [-0.4, -0.2) is 11.9 Å². The molecule has 0 aliphatic carbocycles. The average Bonchev–Trinajstić information content (AvgIpc) is 2.10. The Labute approximate surface area is 97.1 Å². The van der Waals surface area contributed by atoms with Crippen molar-refractivity contribution in [3.63, 3.8) is 0 Å². The van der Waals surface area contributed by atoms with Gasteiger partial charge in [0.15, 0.2) is 0 Å². The maximum atomic E-state index is 10.4. The van der Waals surface area contributed by atoms with E-state index in [1.54, 1.807) is 12.1 Å². The molecule has 1 aromatic rings. The van der Waals surface area contributed by atoms with Gasteiger partial charge < -0.3 is 5.32 Å². The number of nitrogens with one attached hydrogen (secondary N) is 1. The summed E-state index contributed by atoms with van der Waals surface area (Å²) in [6.45, 7) is 0.486. The molecule has 0 aliphatic heterocycles. The standard InChI is InChI=1S/C9H8Cl3NO/c10-7-2-1-6(5-8(7)11)3-4-13-9(12)14/h1-2,5H,3-4H2,(H,13,14). The van der Waals surface area contributed by atoms with Crippen molar-refractivity contribution in [3.8, 4) is 0 Å². The van der Waals surface area contributed by atoms with E-state index in [1.807, 2.05) is 6.07 Å². The minimum atomic E-state index is -0.551. The normalized spacial score (nSPS) is 9.93. The predicted molar refractivity (Wildman–Crippen MR) is 59.4 cm³/mol. The van der Waals surface area contributed by atoms with Gasteiger partial charge in [-0.25, -0.2) is 0 Å². The molecule has 2 nitrogen and oxygen atoms in total. The van der Waals surface area contributed by atoms with Crippen molar-refractivity contribution in [2.24, 2.45) is 0 Å². The Morgan fingerprint density at radius 1 is 1.29 bits per heavy atom. The number of benzene rings is 1. The van der Waals surface area contributed by atoms with Crippen molar-refractivity contribution in [2.75, 3.05) is 6.54 Å². The Kier molecular flexibility index (Phi) is 4.52. The summed E-state index contributed by atoms with van der Waals surface area (Å²) in [6.07, 6.45) is 0.676. The van der Waals surface area contributed by atoms with Gasteiger partial charge in [0.25, 0.3) is 0 Å². The van der Waals surface area contributed by atoms with E-state index in [1.165, 1.54) is 0 Å². The van der Waals surface area contributed by atoms with Gasteiger partial charge >= 0.3 is 5.37 Å². The number of hydrogen-bond acceptors (Lipinski definition) is 1. The van der Waals surface area contributed by atoms with Gasteiger partial charge in [-0.1, -0.05) is 29.3 Å². The molecule has 1 N–H and O–H groups in total. The minimum Gasteiger partial charge on any atom is -0.342 e. The quantitative estimate of drug-likeness (QED) is 0.647. The van der Waals surface area contributed by atoms with E-state index in [0.717, 1.165) is 5.56 Å². The number of halogens is 3. The second-order valence-corrected chi connectivity index (χ2v) is 3.86. The summed E-state index contributed by atoms with van der Waals surface area (Å²) in [6, 6.07) is 5.35. The van der Waals surface area contributed by atoms with E-state index in [2.05, 4.69) is 5.32 Å². The van der Waals surface area contributed by atoms with Gasteiger partial charge in [0.05, 0.1) is 10.0 Å². The SMILES string of the molecule is O=C(Cl)NCCc1ccc(Cl)c(Cl)c1. The van der Waals surface area contributed by atoms with E-state index < -0.39 is 5.37 Å². The van der Waals surface area contributed by atoms with Gasteiger partial charge in [-0.05, 0) is 35.7 Å². The minimum absolute atomic E-state index is 0.486. The van der Waals surface area contributed by atoms with Crippen LogP contribution in [0.3, 0.4) is 0 Å². The Balaban J connectivity index is 2.51. The molecule has 5 heteroatoms. The van der Waals surface area contributed by atoms with Crippen LogP contribution in [0.1, 0.15) is 5.56 Å². The van der Waals surface area contributed by atoms with Crippen LogP contribution >= 0.6 is 34.8 Å². The maximum absolute atomic E-state index is 10.4. The molecule has 0 unspecified atom stereocenters. The number of hydrogen-bond donors (Lipinski definition) is 1. The summed E-state index contributed by atoms with van der Waals surface area (Å²) >= 11 is 16.7. The molecule has 0 saturated heterocycles. The summed E-state index contributed by atoms with van der Waals surface area (Å²) in [5, 5.41) is 2.97. The van der Waals surface area contributed by atoms with Crippen LogP contribution in [-0.2, 0) is 6.42 Å². The second-order valence-electron chi connectivity index (χ2n) is 2.70. The van der Waals surface area contributed by atoms with Gasteiger partial charge in [-0.2, -0.15) is 0 Å². The Hall–Kier alpha value is -0.440. The lowest BCUT2D eigenvalue weighted by Gasteiger charge is -2.03. The molecule has 1 rings (SSSR count). The first-order valence-electron chi connectivity index (χ1n) is 3.97. The summed E-state index contributed by atoms with van der Waals surface area (Å²) in [5.41, 5.74) is 1.00. The largest absolute Gasteiger partial charge is 0.342 e. The molecular weight excluding hydrogens is 244 g/mol. The highest BCUT2D eigenvalue weighted by atomic mass is 35.5. The molecule has 0 bridgehead atoms. The van der Waals surface area contributed by atoms with Crippen molar-refractivity contribution < 1.29 is 4.79 Å². The number of carbonyl (C=O) groups is 1. The van der Waals surface area contributed by atoms with Gasteiger partial charge in [0.2, 0.25) is 0 Å². The molecule has 0 fully saturated rings. The predicted octanol–water partition coefficient (Wildman–Crippen LogP) is 3.48. The summed E-state index contributed by atoms with van der Waals surface area (Å²) in [7, 11) is 0. The zero-order valence-corrected chi connectivity index (χ0v) is 9.46. The van der Waals surface area contributed by atoms with E-state index in [4.69, 9.17) is 34.8 Å². The molecule has 0 radical (unpaired) electrons. The summed E-state index contributed by atoms with van der Waals surface area (Å²) < 4.78 is 0. The molecule has 0 spiro atoms. The smallest absolute Gasteiger partial charge is 0.313 e. The monoisotopic (exact) mass is 251 g/mol. The highest BCUT2D eigenvalue weighted by molar-refractivity contribution is 6.62. The van der Waals surface area contributed by atoms with Crippen LogP contribution in [0.5, 0.6) is 0 Å². The number of amides is 1. The lowest BCUT2D eigenvalue weighted by Crippen LogP contribution is -2.19. The zero-order valence-electron chi connectivity index (χ0n) is 7.19. The molecule has 14 heavy (non-hydrogen) atoms. The molecular formula is C9H8Cl3NO. The fraction of sp³-hybridized carbons (Fsp3) is 0.222. The highest BCUT2D eigenvalue weighted by Gasteiger charge is 2.00. The highest BCUT2D eigenvalue weighted by Crippen LogP contribution is 2.22. The lowest BCUT2D eigenvalue weighted by atomic mass is 10.1. The Morgan fingerprint density at radius 2 is 2.00 bits per heavy atom. The van der Waals surface area contributed by atoms with Gasteiger partial charge in [-0.3, -0.25) is 4.79 Å². The van der Waals surface area contributed by atoms with Crippen molar-refractivity contribution in [3.05, 3.63) is 33.8 Å². The van der Waals surface area contributed by atoms with E-state index >= 15 is 0 Å². The van der Waals surface area contributed by atoms with Gasteiger partial charge in [0.1, 0.15) is 0 Å². The fourth-order valence-electron chi connectivity index (χ4n) is 1.00. The number of rotatable bonds is 3. The molecule has 1 aromatic carbocycles. The molecule has 0 heterocycles. The zero-order chi connectivity index (χ0) is 10.6. The lowest BCUT2D eigenvalue weighted by molar-refractivity contribution is 0.260. The van der Waals surface area contributed by atoms with Crippen molar-refractivity contribution >= 4 is 40.2 Å². The topological polar surface area (TPSA) is 29.1 Å². The molecule has 0 aliphatic rings.